The minimum atomic E-state index is -4.78. The minimum Gasteiger partial charge on any atom is -0.486 e. The van der Waals surface area contributed by atoms with Gasteiger partial charge >= 0.3 is 6.36 Å². The van der Waals surface area contributed by atoms with Crippen LogP contribution in [0.1, 0.15) is 22.5 Å². The summed E-state index contributed by atoms with van der Waals surface area (Å²) in [6.45, 7) is -1.12. The van der Waals surface area contributed by atoms with Gasteiger partial charge in [-0.25, -0.2) is 13.8 Å². The number of carbonyl (C=O) groups excluding carboxylic acids is 1. The highest BCUT2D eigenvalue weighted by molar-refractivity contribution is 5.92. The van der Waals surface area contributed by atoms with Gasteiger partial charge in [-0.15, -0.1) is 13.2 Å². The van der Waals surface area contributed by atoms with Gasteiger partial charge < -0.3 is 23.8 Å². The lowest BCUT2D eigenvalue weighted by Gasteiger charge is -2.41. The molecule has 2 aromatic rings. The van der Waals surface area contributed by atoms with Gasteiger partial charge in [0.25, 0.3) is 11.8 Å². The zero-order chi connectivity index (χ0) is 25.2. The van der Waals surface area contributed by atoms with Gasteiger partial charge in [-0.05, 0) is 30.3 Å². The van der Waals surface area contributed by atoms with Crippen LogP contribution in [0.4, 0.5) is 22.0 Å². The number of pyridine rings is 1. The van der Waals surface area contributed by atoms with Gasteiger partial charge in [-0.3, -0.25) is 9.53 Å². The third-order valence-electron chi connectivity index (χ3n) is 5.76. The highest BCUT2D eigenvalue weighted by Crippen LogP contribution is 2.44. The van der Waals surface area contributed by atoms with E-state index in [0.29, 0.717) is 0 Å². The number of piperidine rings is 1. The van der Waals surface area contributed by atoms with Crippen molar-refractivity contribution in [3.05, 3.63) is 53.2 Å². The zero-order valence-corrected chi connectivity index (χ0v) is 18.4. The molecule has 2 aliphatic rings. The third kappa shape index (κ3) is 5.31. The molecular formula is C22H21F5N2O6. The fraction of sp³-hybridized carbons (Fsp3) is 0.455. The van der Waals surface area contributed by atoms with Crippen LogP contribution in [0.25, 0.3) is 0 Å². The molecule has 35 heavy (non-hydrogen) atoms. The van der Waals surface area contributed by atoms with E-state index in [0.717, 1.165) is 18.2 Å². The van der Waals surface area contributed by atoms with E-state index in [-0.39, 0.29) is 49.2 Å². The average Bonchev–Trinajstić information content (AvgIpc) is 3.26. The van der Waals surface area contributed by atoms with Gasteiger partial charge in [0, 0.05) is 18.5 Å². The summed E-state index contributed by atoms with van der Waals surface area (Å²) in [4.78, 5) is 18.6. The van der Waals surface area contributed by atoms with Crippen molar-refractivity contribution >= 4 is 5.91 Å². The summed E-state index contributed by atoms with van der Waals surface area (Å²) in [6.07, 6.45) is -5.36. The molecule has 3 heterocycles. The van der Waals surface area contributed by atoms with Gasteiger partial charge in [0.15, 0.2) is 5.75 Å². The van der Waals surface area contributed by atoms with Gasteiger partial charge in [-0.2, -0.15) is 0 Å². The van der Waals surface area contributed by atoms with Crippen LogP contribution in [0.5, 0.6) is 11.6 Å². The average molecular weight is 504 g/mol. The Bertz CT molecular complexity index is 1080. The number of alkyl halides is 3. The number of rotatable bonds is 7. The van der Waals surface area contributed by atoms with Crippen LogP contribution in [0.3, 0.4) is 0 Å². The van der Waals surface area contributed by atoms with Crippen LogP contribution in [0, 0.1) is 11.6 Å². The Labute approximate surface area is 196 Å². The Balaban J connectivity index is 1.45. The van der Waals surface area contributed by atoms with Crippen molar-refractivity contribution in [3.8, 4) is 11.6 Å². The van der Waals surface area contributed by atoms with E-state index in [1.807, 2.05) is 0 Å². The molecule has 1 aromatic heterocycles. The minimum absolute atomic E-state index is 0.0101. The van der Waals surface area contributed by atoms with E-state index < -0.39 is 48.8 Å². The lowest BCUT2D eigenvalue weighted by Crippen LogP contribution is -2.54. The van der Waals surface area contributed by atoms with Gasteiger partial charge in [-0.1, -0.05) is 0 Å². The normalized spacial score (nSPS) is 22.1. The first-order valence-electron chi connectivity index (χ1n) is 10.5. The molecule has 4 rings (SSSR count). The number of fused-ring (bicyclic) bond motifs is 1. The number of hydrogen-bond acceptors (Lipinski definition) is 7. The van der Waals surface area contributed by atoms with E-state index in [1.54, 1.807) is 0 Å². The van der Waals surface area contributed by atoms with Crippen molar-refractivity contribution in [2.24, 2.45) is 0 Å². The molecule has 1 amide bonds. The summed E-state index contributed by atoms with van der Waals surface area (Å²) in [5.41, 5.74) is -1.21. The van der Waals surface area contributed by atoms with E-state index in [2.05, 4.69) is 9.72 Å². The van der Waals surface area contributed by atoms with Crippen LogP contribution in [0.2, 0.25) is 0 Å². The highest BCUT2D eigenvalue weighted by atomic mass is 19.4. The summed E-state index contributed by atoms with van der Waals surface area (Å²) >= 11 is 0. The Kier molecular flexibility index (Phi) is 7.10. The van der Waals surface area contributed by atoms with Crippen LogP contribution in [-0.4, -0.2) is 68.5 Å². The molecule has 13 heteroatoms. The van der Waals surface area contributed by atoms with Crippen molar-refractivity contribution in [3.63, 3.8) is 0 Å². The highest BCUT2D eigenvalue weighted by Gasteiger charge is 2.52. The molecule has 2 saturated heterocycles. The smallest absolute Gasteiger partial charge is 0.486 e. The molecule has 8 nitrogen and oxygen atoms in total. The number of amides is 1. The summed E-state index contributed by atoms with van der Waals surface area (Å²) in [7, 11) is 1.27. The standard InChI is InChI=1S/C22H21F5N2O6/c1-31-19-17(32-8-9-34-22(25,26)27)5-4-16(28-19)20(30)29-7-6-21(18(11-29)33-12-35-21)14-10-13(23)2-3-15(14)24/h2-5,10,18H,6-9,11-12H2,1H3. The van der Waals surface area contributed by atoms with E-state index in [9.17, 15) is 26.7 Å². The Hall–Kier alpha value is -3.03. The maximum atomic E-state index is 14.5. The summed E-state index contributed by atoms with van der Waals surface area (Å²) in [5, 5.41) is 0. The van der Waals surface area contributed by atoms with Gasteiger partial charge in [0.05, 0.1) is 20.3 Å². The van der Waals surface area contributed by atoms with E-state index in [4.69, 9.17) is 18.9 Å². The van der Waals surface area contributed by atoms with Crippen molar-refractivity contribution in [1.82, 2.24) is 9.88 Å². The van der Waals surface area contributed by atoms with Crippen LogP contribution < -0.4 is 9.47 Å². The Morgan fingerprint density at radius 2 is 2.03 bits per heavy atom. The second-order valence-electron chi connectivity index (χ2n) is 7.78. The molecule has 2 fully saturated rings. The number of likely N-dealkylation sites (tertiary alicyclic amines) is 1. The number of nitrogens with zero attached hydrogens (tertiary/aromatic N) is 2. The van der Waals surface area contributed by atoms with Gasteiger partial charge in [0.1, 0.15) is 42.4 Å². The number of halogens is 5. The van der Waals surface area contributed by atoms with Crippen LogP contribution in [0.15, 0.2) is 30.3 Å². The first-order valence-corrected chi connectivity index (χ1v) is 10.5. The fourth-order valence-corrected chi connectivity index (χ4v) is 4.14. The largest absolute Gasteiger partial charge is 0.522 e. The molecule has 0 saturated carbocycles. The number of benzene rings is 1. The molecule has 0 N–H and O–H groups in total. The number of hydrogen-bond donors (Lipinski definition) is 0. The topological polar surface area (TPSA) is 79.4 Å². The number of aromatic nitrogens is 1. The Morgan fingerprint density at radius 3 is 2.77 bits per heavy atom. The molecule has 0 bridgehead atoms. The summed E-state index contributed by atoms with van der Waals surface area (Å²) < 4.78 is 89.8. The first kappa shape index (κ1) is 25.1. The summed E-state index contributed by atoms with van der Waals surface area (Å²) in [6, 6.07) is 5.78. The fourth-order valence-electron chi connectivity index (χ4n) is 4.14. The van der Waals surface area contributed by atoms with E-state index >= 15 is 0 Å². The predicted octanol–water partition coefficient (Wildman–Crippen LogP) is 3.40. The zero-order valence-electron chi connectivity index (χ0n) is 18.4. The molecule has 0 aliphatic carbocycles. The quantitative estimate of drug-likeness (QED) is 0.423. The lowest BCUT2D eigenvalue weighted by atomic mass is 9.81. The molecule has 2 atom stereocenters. The Morgan fingerprint density at radius 1 is 1.23 bits per heavy atom. The predicted molar refractivity (Wildman–Crippen MR) is 108 cm³/mol. The molecule has 190 valence electrons. The number of ether oxygens (including phenoxy) is 5. The maximum absolute atomic E-state index is 14.5. The summed E-state index contributed by atoms with van der Waals surface area (Å²) in [5.74, 6) is -1.81. The van der Waals surface area contributed by atoms with E-state index in [1.165, 1.54) is 24.1 Å². The molecule has 0 spiro atoms. The SMILES string of the molecule is COc1nc(C(=O)N2CCC3(c4cc(F)ccc4F)OCOC3C2)ccc1OCCOC(F)(F)F. The second kappa shape index (κ2) is 9.91. The molecule has 2 unspecified atom stereocenters. The third-order valence-corrected chi connectivity index (χ3v) is 5.76. The van der Waals surface area contributed by atoms with Crippen molar-refractivity contribution in [1.29, 1.82) is 0 Å². The number of methoxy groups -OCH3 is 1. The van der Waals surface area contributed by atoms with Crippen LogP contribution >= 0.6 is 0 Å². The first-order chi connectivity index (χ1) is 16.6. The monoisotopic (exact) mass is 504 g/mol. The van der Waals surface area contributed by atoms with Crippen molar-refractivity contribution in [2.45, 2.75) is 24.5 Å². The number of carbonyl (C=O) groups is 1. The molecular weight excluding hydrogens is 483 g/mol. The lowest BCUT2D eigenvalue weighted by molar-refractivity contribution is -0.325. The molecule has 1 aromatic carbocycles. The van der Waals surface area contributed by atoms with Gasteiger partial charge in [0.2, 0.25) is 0 Å². The second-order valence-corrected chi connectivity index (χ2v) is 7.78. The molecule has 2 aliphatic heterocycles. The van der Waals surface area contributed by atoms with Crippen LogP contribution in [-0.2, 0) is 19.8 Å². The maximum Gasteiger partial charge on any atom is 0.522 e. The van der Waals surface area contributed by atoms with Crippen molar-refractivity contribution in [2.75, 3.05) is 40.2 Å². The molecule has 0 radical (unpaired) electrons. The van der Waals surface area contributed by atoms with Crippen molar-refractivity contribution < 1.29 is 50.4 Å².